The van der Waals surface area contributed by atoms with Crippen LogP contribution in [0.1, 0.15) is 23.9 Å². The molecule has 1 N–H and O–H groups in total. The molecule has 1 aliphatic heterocycles. The molecule has 1 aromatic heterocycles. The van der Waals surface area contributed by atoms with Crippen molar-refractivity contribution in [2.45, 2.75) is 30.0 Å². The Morgan fingerprint density at radius 3 is 2.50 bits per heavy atom. The number of sulfone groups is 1. The Kier molecular flexibility index (Phi) is 5.59. The molecule has 1 aliphatic rings. The normalized spacial score (nSPS) is 19.8. The maximum atomic E-state index is 11.6. The van der Waals surface area contributed by atoms with E-state index in [1.165, 1.54) is 6.26 Å². The molecule has 158 valence electrons. The van der Waals surface area contributed by atoms with Gasteiger partial charge in [-0.25, -0.2) is 8.42 Å². The van der Waals surface area contributed by atoms with Crippen LogP contribution in [-0.4, -0.2) is 54.6 Å². The number of aliphatic hydroxyl groups excluding tert-OH is 1. The Bertz CT molecular complexity index is 1110. The second-order valence-electron chi connectivity index (χ2n) is 7.44. The van der Waals surface area contributed by atoms with Crippen molar-refractivity contribution in [2.24, 2.45) is 0 Å². The molecule has 0 spiro atoms. The Hall–Kier alpha value is -2.75. The first-order chi connectivity index (χ1) is 14.3. The number of nitrogens with zero attached hydrogens (tertiary/aromatic N) is 3. The maximum absolute atomic E-state index is 11.6. The summed E-state index contributed by atoms with van der Waals surface area (Å²) in [6, 6.07) is 13.9. The number of rotatable bonds is 6. The zero-order valence-electron chi connectivity index (χ0n) is 16.7. The van der Waals surface area contributed by atoms with E-state index < -0.39 is 15.9 Å². The Balaban J connectivity index is 1.52. The average molecular weight is 429 g/mol. The Morgan fingerprint density at radius 1 is 1.17 bits per heavy atom. The second-order valence-corrected chi connectivity index (χ2v) is 9.45. The van der Waals surface area contributed by atoms with E-state index in [1.54, 1.807) is 31.4 Å². The summed E-state index contributed by atoms with van der Waals surface area (Å²) in [5.74, 6) is 1.67. The van der Waals surface area contributed by atoms with Crippen molar-refractivity contribution >= 4 is 9.84 Å². The number of hydrogen-bond acceptors (Lipinski definition) is 8. The molecule has 0 radical (unpaired) electrons. The van der Waals surface area contributed by atoms with E-state index >= 15 is 0 Å². The van der Waals surface area contributed by atoms with Crippen LogP contribution >= 0.6 is 0 Å². The van der Waals surface area contributed by atoms with Gasteiger partial charge in [0.2, 0.25) is 11.7 Å². The number of likely N-dealkylation sites (tertiary alicyclic amines) is 1. The van der Waals surface area contributed by atoms with Crippen LogP contribution < -0.4 is 4.74 Å². The van der Waals surface area contributed by atoms with E-state index in [1.807, 2.05) is 24.3 Å². The van der Waals surface area contributed by atoms with Crippen LogP contribution in [0, 0.1) is 0 Å². The third-order valence-corrected chi connectivity index (χ3v) is 6.32. The van der Waals surface area contributed by atoms with Crippen LogP contribution in [0.25, 0.3) is 11.4 Å². The summed E-state index contributed by atoms with van der Waals surface area (Å²) < 4.78 is 34.0. The molecule has 0 amide bonds. The van der Waals surface area contributed by atoms with Gasteiger partial charge in [0.15, 0.2) is 9.84 Å². The molecule has 1 fully saturated rings. The zero-order chi connectivity index (χ0) is 21.3. The molecule has 2 aromatic carbocycles. The van der Waals surface area contributed by atoms with E-state index in [9.17, 15) is 13.5 Å². The SMILES string of the molecule is COc1ccc(-c2noc([C@H]3C[C@@H](O)CN3Cc3ccc(S(C)(=O)=O)cc3)n2)cc1. The molecule has 2 heterocycles. The average Bonchev–Trinajstić information content (AvgIpc) is 3.34. The molecule has 9 heteroatoms. The van der Waals surface area contributed by atoms with Crippen molar-refractivity contribution in [3.63, 3.8) is 0 Å². The van der Waals surface area contributed by atoms with Crippen molar-refractivity contribution in [1.82, 2.24) is 15.0 Å². The Labute approximate surface area is 175 Å². The standard InChI is InChI=1S/C21H23N3O5S/c1-28-17-7-5-15(6-8-17)20-22-21(29-23-20)19-11-16(25)13-24(19)12-14-3-9-18(10-4-14)30(2,26)27/h3-10,16,19,25H,11-13H2,1-2H3/t16-,19-/m1/s1. The third kappa shape index (κ3) is 4.38. The highest BCUT2D eigenvalue weighted by molar-refractivity contribution is 7.90. The first kappa shape index (κ1) is 20.5. The highest BCUT2D eigenvalue weighted by atomic mass is 32.2. The number of β-amino-alcohol motifs (C(OH)–C–C–N with tert-alkyl or cyclic N) is 1. The van der Waals surface area contributed by atoms with Gasteiger partial charge >= 0.3 is 0 Å². The van der Waals surface area contributed by atoms with Crippen LogP contribution in [0.15, 0.2) is 57.9 Å². The van der Waals surface area contributed by atoms with E-state index in [2.05, 4.69) is 15.0 Å². The second kappa shape index (κ2) is 8.17. The molecule has 0 aliphatic carbocycles. The van der Waals surface area contributed by atoms with Crippen molar-refractivity contribution < 1.29 is 22.8 Å². The largest absolute Gasteiger partial charge is 0.497 e. The van der Waals surface area contributed by atoms with Gasteiger partial charge in [-0.05, 0) is 48.4 Å². The monoisotopic (exact) mass is 429 g/mol. The van der Waals surface area contributed by atoms with Gasteiger partial charge < -0.3 is 14.4 Å². The van der Waals surface area contributed by atoms with E-state index in [0.29, 0.717) is 31.2 Å². The summed E-state index contributed by atoms with van der Waals surface area (Å²) >= 11 is 0. The predicted octanol–water partition coefficient (Wildman–Crippen LogP) is 2.46. The summed E-state index contributed by atoms with van der Waals surface area (Å²) in [7, 11) is -1.62. The van der Waals surface area contributed by atoms with Gasteiger partial charge in [-0.2, -0.15) is 4.98 Å². The molecule has 2 atom stereocenters. The zero-order valence-corrected chi connectivity index (χ0v) is 17.5. The smallest absolute Gasteiger partial charge is 0.244 e. The first-order valence-electron chi connectivity index (χ1n) is 9.52. The fraction of sp³-hybridized carbons (Fsp3) is 0.333. The molecule has 1 saturated heterocycles. The van der Waals surface area contributed by atoms with Gasteiger partial charge in [0.05, 0.1) is 24.2 Å². The van der Waals surface area contributed by atoms with Crippen molar-refractivity contribution in [3.8, 4) is 17.1 Å². The van der Waals surface area contributed by atoms with Gasteiger partial charge in [-0.3, -0.25) is 4.90 Å². The van der Waals surface area contributed by atoms with Crippen LogP contribution in [0.5, 0.6) is 5.75 Å². The molecule has 0 saturated carbocycles. The molecule has 4 rings (SSSR count). The number of aliphatic hydroxyl groups is 1. The van der Waals surface area contributed by atoms with E-state index in [4.69, 9.17) is 9.26 Å². The molecular formula is C21H23N3O5S. The summed E-state index contributed by atoms with van der Waals surface area (Å²) in [6.45, 7) is 1.00. The molecule has 3 aromatic rings. The number of benzene rings is 2. The van der Waals surface area contributed by atoms with Crippen LogP contribution in [0.3, 0.4) is 0 Å². The summed E-state index contributed by atoms with van der Waals surface area (Å²) in [5.41, 5.74) is 1.75. The lowest BCUT2D eigenvalue weighted by Gasteiger charge is -2.21. The highest BCUT2D eigenvalue weighted by Gasteiger charge is 2.36. The third-order valence-electron chi connectivity index (χ3n) is 5.19. The fourth-order valence-corrected chi connectivity index (χ4v) is 4.25. The van der Waals surface area contributed by atoms with Crippen molar-refractivity contribution in [1.29, 1.82) is 0 Å². The van der Waals surface area contributed by atoms with Crippen LogP contribution in [0.4, 0.5) is 0 Å². The van der Waals surface area contributed by atoms with Crippen LogP contribution in [-0.2, 0) is 16.4 Å². The van der Waals surface area contributed by atoms with E-state index in [0.717, 1.165) is 16.9 Å². The number of hydrogen-bond donors (Lipinski definition) is 1. The van der Waals surface area contributed by atoms with Crippen LogP contribution in [0.2, 0.25) is 0 Å². The quantitative estimate of drug-likeness (QED) is 0.637. The van der Waals surface area contributed by atoms with Gasteiger partial charge in [-0.15, -0.1) is 0 Å². The minimum atomic E-state index is -3.23. The van der Waals surface area contributed by atoms with E-state index in [-0.39, 0.29) is 10.9 Å². The number of ether oxygens (including phenoxy) is 1. The number of aromatic nitrogens is 2. The minimum absolute atomic E-state index is 0.214. The molecular weight excluding hydrogens is 406 g/mol. The maximum Gasteiger partial charge on any atom is 0.244 e. The predicted molar refractivity (Wildman–Crippen MR) is 110 cm³/mol. The fourth-order valence-electron chi connectivity index (χ4n) is 3.62. The highest BCUT2D eigenvalue weighted by Crippen LogP contribution is 2.33. The topological polar surface area (TPSA) is 106 Å². The van der Waals surface area contributed by atoms with Crippen molar-refractivity contribution in [3.05, 3.63) is 60.0 Å². The molecule has 0 bridgehead atoms. The van der Waals surface area contributed by atoms with Gasteiger partial charge in [0.1, 0.15) is 5.75 Å². The van der Waals surface area contributed by atoms with Gasteiger partial charge in [0.25, 0.3) is 0 Å². The lowest BCUT2D eigenvalue weighted by atomic mass is 10.1. The van der Waals surface area contributed by atoms with Gasteiger partial charge in [-0.1, -0.05) is 17.3 Å². The molecule has 30 heavy (non-hydrogen) atoms. The van der Waals surface area contributed by atoms with Gasteiger partial charge in [0, 0.05) is 24.9 Å². The molecule has 0 unspecified atom stereocenters. The number of methoxy groups -OCH3 is 1. The van der Waals surface area contributed by atoms with Crippen molar-refractivity contribution in [2.75, 3.05) is 19.9 Å². The summed E-state index contributed by atoms with van der Waals surface area (Å²) in [6.07, 6.45) is 1.18. The lowest BCUT2D eigenvalue weighted by molar-refractivity contribution is 0.169. The summed E-state index contributed by atoms with van der Waals surface area (Å²) in [5, 5.41) is 14.3. The lowest BCUT2D eigenvalue weighted by Crippen LogP contribution is -2.24. The molecule has 8 nitrogen and oxygen atoms in total. The Morgan fingerprint density at radius 2 is 1.87 bits per heavy atom. The summed E-state index contributed by atoms with van der Waals surface area (Å²) in [4.78, 5) is 6.88. The first-order valence-corrected chi connectivity index (χ1v) is 11.4. The minimum Gasteiger partial charge on any atom is -0.497 e.